The average molecular weight is 469 g/mol. The molecule has 2 aliphatic rings. The minimum Gasteiger partial charge on any atom is -0.454 e. The number of fused-ring (bicyclic) bond motifs is 4. The Morgan fingerprint density at radius 2 is 1.91 bits per heavy atom. The molecule has 6 rings (SSSR count). The van der Waals surface area contributed by atoms with Gasteiger partial charge in [-0.1, -0.05) is 24.3 Å². The summed E-state index contributed by atoms with van der Waals surface area (Å²) in [6.45, 7) is 1.75. The van der Waals surface area contributed by atoms with E-state index in [2.05, 4.69) is 51.3 Å². The quantitative estimate of drug-likeness (QED) is 0.391. The van der Waals surface area contributed by atoms with E-state index in [9.17, 15) is 4.79 Å². The van der Waals surface area contributed by atoms with Gasteiger partial charge in [-0.05, 0) is 55.0 Å². The van der Waals surface area contributed by atoms with Crippen molar-refractivity contribution in [3.8, 4) is 28.4 Å². The Balaban J connectivity index is 1.24. The standard InChI is InChI=1S/C28H28N4O3/c33-27(30-12-3-14-31-15-13-29-18-31)11-9-22-16-21-7-6-20-4-1-2-5-24(20)28(21)32(22)23-8-10-25-26(17-23)35-19-34-25/h1-2,4-5,8,10,13,15-18H,3,6-7,9,11-12,14,19H2,(H,30,33). The summed E-state index contributed by atoms with van der Waals surface area (Å²) in [4.78, 5) is 16.7. The highest BCUT2D eigenvalue weighted by molar-refractivity contribution is 5.77. The molecule has 0 fully saturated rings. The molecule has 1 aliphatic heterocycles. The first-order chi connectivity index (χ1) is 17.3. The van der Waals surface area contributed by atoms with Crippen molar-refractivity contribution >= 4 is 5.91 Å². The molecule has 0 spiro atoms. The summed E-state index contributed by atoms with van der Waals surface area (Å²) >= 11 is 0. The van der Waals surface area contributed by atoms with Crippen molar-refractivity contribution in [1.29, 1.82) is 0 Å². The molecule has 0 radical (unpaired) electrons. The number of hydrogen-bond donors (Lipinski definition) is 1. The summed E-state index contributed by atoms with van der Waals surface area (Å²) in [6, 6.07) is 17.0. The molecule has 0 saturated carbocycles. The molecule has 7 heteroatoms. The van der Waals surface area contributed by atoms with Gasteiger partial charge in [0.05, 0.1) is 12.0 Å². The third kappa shape index (κ3) is 4.30. The van der Waals surface area contributed by atoms with Gasteiger partial charge >= 0.3 is 0 Å². The van der Waals surface area contributed by atoms with Crippen LogP contribution in [-0.2, 0) is 30.6 Å². The number of aromatic nitrogens is 3. The lowest BCUT2D eigenvalue weighted by atomic mass is 9.90. The van der Waals surface area contributed by atoms with Crippen LogP contribution in [-0.4, -0.2) is 33.4 Å². The van der Waals surface area contributed by atoms with Crippen molar-refractivity contribution in [2.24, 2.45) is 0 Å². The Bertz CT molecular complexity index is 1360. The maximum Gasteiger partial charge on any atom is 0.231 e. The lowest BCUT2D eigenvalue weighted by Gasteiger charge is -2.21. The summed E-state index contributed by atoms with van der Waals surface area (Å²) in [5, 5.41) is 3.07. The van der Waals surface area contributed by atoms with Gasteiger partial charge in [0.1, 0.15) is 0 Å². The first kappa shape index (κ1) is 21.5. The summed E-state index contributed by atoms with van der Waals surface area (Å²) < 4.78 is 15.5. The van der Waals surface area contributed by atoms with Crippen LogP contribution in [0.4, 0.5) is 0 Å². The Hall–Kier alpha value is -4.00. The number of aryl methyl sites for hydroxylation is 4. The normalized spacial score (nSPS) is 13.4. The van der Waals surface area contributed by atoms with Crippen molar-refractivity contribution in [3.05, 3.63) is 84.1 Å². The number of amides is 1. The van der Waals surface area contributed by atoms with Crippen LogP contribution >= 0.6 is 0 Å². The summed E-state index contributed by atoms with van der Waals surface area (Å²) in [7, 11) is 0. The smallest absolute Gasteiger partial charge is 0.231 e. The van der Waals surface area contributed by atoms with Gasteiger partial charge in [-0.2, -0.15) is 0 Å². The second-order valence-electron chi connectivity index (χ2n) is 9.04. The number of nitrogens with one attached hydrogen (secondary N) is 1. The van der Waals surface area contributed by atoms with Crippen LogP contribution in [0.25, 0.3) is 16.9 Å². The molecule has 0 atom stereocenters. The second kappa shape index (κ2) is 9.33. The summed E-state index contributed by atoms with van der Waals surface area (Å²) in [6.07, 6.45) is 9.52. The number of imidazole rings is 1. The predicted molar refractivity (Wildman–Crippen MR) is 133 cm³/mol. The topological polar surface area (TPSA) is 70.3 Å². The molecule has 1 amide bonds. The Morgan fingerprint density at radius 3 is 2.83 bits per heavy atom. The highest BCUT2D eigenvalue weighted by atomic mass is 16.7. The molecule has 0 unspecified atom stereocenters. The number of carbonyl (C=O) groups excluding carboxylic acids is 1. The third-order valence-electron chi connectivity index (χ3n) is 6.79. The van der Waals surface area contributed by atoms with Crippen LogP contribution in [0.15, 0.2) is 67.3 Å². The van der Waals surface area contributed by atoms with Gasteiger partial charge in [-0.3, -0.25) is 4.79 Å². The van der Waals surface area contributed by atoms with Gasteiger partial charge < -0.3 is 23.9 Å². The molecule has 0 bridgehead atoms. The van der Waals surface area contributed by atoms with E-state index in [0.717, 1.165) is 48.7 Å². The van der Waals surface area contributed by atoms with E-state index < -0.39 is 0 Å². The number of nitrogens with zero attached hydrogens (tertiary/aromatic N) is 3. The zero-order valence-electron chi connectivity index (χ0n) is 19.6. The molecule has 0 saturated heterocycles. The fourth-order valence-electron chi connectivity index (χ4n) is 5.09. The van der Waals surface area contributed by atoms with Gasteiger partial charge in [0, 0.05) is 54.9 Å². The molecule has 178 valence electrons. The summed E-state index contributed by atoms with van der Waals surface area (Å²) in [5.41, 5.74) is 7.35. The van der Waals surface area contributed by atoms with E-state index in [4.69, 9.17) is 9.47 Å². The maximum atomic E-state index is 12.6. The van der Waals surface area contributed by atoms with Crippen molar-refractivity contribution < 1.29 is 14.3 Å². The summed E-state index contributed by atoms with van der Waals surface area (Å²) in [5.74, 6) is 1.61. The fourth-order valence-corrected chi connectivity index (χ4v) is 5.09. The van der Waals surface area contributed by atoms with Crippen molar-refractivity contribution in [2.45, 2.75) is 38.6 Å². The fraction of sp³-hybridized carbons (Fsp3) is 0.286. The highest BCUT2D eigenvalue weighted by Crippen LogP contribution is 2.40. The lowest BCUT2D eigenvalue weighted by molar-refractivity contribution is -0.121. The van der Waals surface area contributed by atoms with Gasteiger partial charge in [0.15, 0.2) is 11.5 Å². The Morgan fingerprint density at radius 1 is 1.03 bits per heavy atom. The van der Waals surface area contributed by atoms with Crippen LogP contribution < -0.4 is 14.8 Å². The van der Waals surface area contributed by atoms with Crippen molar-refractivity contribution in [3.63, 3.8) is 0 Å². The maximum absolute atomic E-state index is 12.6. The van der Waals surface area contributed by atoms with E-state index in [0.29, 0.717) is 19.4 Å². The molecular formula is C28H28N4O3. The van der Waals surface area contributed by atoms with Gasteiger partial charge in [-0.15, -0.1) is 0 Å². The van der Waals surface area contributed by atoms with E-state index >= 15 is 0 Å². The van der Waals surface area contributed by atoms with Crippen LogP contribution in [0.2, 0.25) is 0 Å². The molecule has 1 aliphatic carbocycles. The largest absolute Gasteiger partial charge is 0.454 e. The second-order valence-corrected chi connectivity index (χ2v) is 9.04. The van der Waals surface area contributed by atoms with Crippen LogP contribution in [0.5, 0.6) is 11.5 Å². The van der Waals surface area contributed by atoms with Gasteiger partial charge in [0.25, 0.3) is 0 Å². The molecule has 2 aromatic carbocycles. The van der Waals surface area contributed by atoms with Crippen LogP contribution in [0.3, 0.4) is 0 Å². The number of carbonyl (C=O) groups is 1. The molecular weight excluding hydrogens is 440 g/mol. The Kier molecular flexibility index (Phi) is 5.74. The third-order valence-corrected chi connectivity index (χ3v) is 6.79. The zero-order chi connectivity index (χ0) is 23.6. The minimum atomic E-state index is 0.0763. The average Bonchev–Trinajstić information content (AvgIpc) is 3.64. The van der Waals surface area contributed by atoms with E-state index in [1.165, 1.54) is 22.4 Å². The lowest BCUT2D eigenvalue weighted by Crippen LogP contribution is -2.25. The van der Waals surface area contributed by atoms with Gasteiger partial charge in [-0.25, -0.2) is 4.98 Å². The van der Waals surface area contributed by atoms with E-state index in [1.54, 1.807) is 12.5 Å². The molecule has 4 aromatic rings. The number of ether oxygens (including phenoxy) is 2. The van der Waals surface area contributed by atoms with Crippen molar-refractivity contribution in [2.75, 3.05) is 13.3 Å². The van der Waals surface area contributed by atoms with Crippen molar-refractivity contribution in [1.82, 2.24) is 19.4 Å². The van der Waals surface area contributed by atoms with Crippen LogP contribution in [0.1, 0.15) is 29.7 Å². The molecule has 3 heterocycles. The molecule has 35 heavy (non-hydrogen) atoms. The molecule has 1 N–H and O–H groups in total. The van der Waals surface area contributed by atoms with E-state index in [-0.39, 0.29) is 12.7 Å². The number of benzene rings is 2. The van der Waals surface area contributed by atoms with Crippen LogP contribution in [0, 0.1) is 0 Å². The first-order valence-corrected chi connectivity index (χ1v) is 12.2. The Labute approximate surface area is 204 Å². The zero-order valence-corrected chi connectivity index (χ0v) is 19.6. The first-order valence-electron chi connectivity index (χ1n) is 12.2. The highest BCUT2D eigenvalue weighted by Gasteiger charge is 2.25. The minimum absolute atomic E-state index is 0.0763. The van der Waals surface area contributed by atoms with Gasteiger partial charge in [0.2, 0.25) is 12.7 Å². The molecule has 2 aromatic heterocycles. The SMILES string of the molecule is O=C(CCc1cc2c(n1-c1ccc3c(c1)OCO3)-c1ccccc1CC2)NCCCn1ccnc1. The predicted octanol–water partition coefficient (Wildman–Crippen LogP) is 4.31. The number of rotatable bonds is 8. The number of hydrogen-bond acceptors (Lipinski definition) is 4. The monoisotopic (exact) mass is 468 g/mol. The molecule has 7 nitrogen and oxygen atoms in total. The van der Waals surface area contributed by atoms with E-state index in [1.807, 2.05) is 22.9 Å².